The summed E-state index contributed by atoms with van der Waals surface area (Å²) in [6.45, 7) is 0.683. The first kappa shape index (κ1) is 15.5. The molecule has 1 aromatic heterocycles. The molecule has 23 heavy (non-hydrogen) atoms. The number of rotatable bonds is 4. The molecule has 6 nitrogen and oxygen atoms in total. The minimum Gasteiger partial charge on any atom is -0.494 e. The number of methoxy groups -OCH3 is 1. The number of piperidine rings is 1. The summed E-state index contributed by atoms with van der Waals surface area (Å²) in [5.41, 5.74) is 0.634. The molecular formula is C16H19FN4O2. The van der Waals surface area contributed by atoms with Gasteiger partial charge in [-0.05, 0) is 37.0 Å². The van der Waals surface area contributed by atoms with Crippen LogP contribution >= 0.6 is 0 Å². The van der Waals surface area contributed by atoms with E-state index in [0.29, 0.717) is 17.9 Å². The van der Waals surface area contributed by atoms with Crippen molar-refractivity contribution in [2.45, 2.75) is 31.7 Å². The number of nitrogens with one attached hydrogen (secondary N) is 1. The molecule has 0 spiro atoms. The number of likely N-dealkylation sites (tertiary alicyclic amines) is 1. The zero-order valence-electron chi connectivity index (χ0n) is 13.0. The molecule has 1 N–H and O–H groups in total. The molecule has 2 aromatic rings. The van der Waals surface area contributed by atoms with E-state index in [4.69, 9.17) is 4.74 Å². The third kappa shape index (κ3) is 3.33. The van der Waals surface area contributed by atoms with Gasteiger partial charge < -0.3 is 9.64 Å². The molecule has 1 atom stereocenters. The second-order valence-electron chi connectivity index (χ2n) is 5.62. The van der Waals surface area contributed by atoms with Crippen LogP contribution in [0.15, 0.2) is 24.5 Å². The van der Waals surface area contributed by atoms with Gasteiger partial charge in [0.25, 0.3) is 0 Å². The van der Waals surface area contributed by atoms with Gasteiger partial charge in [-0.2, -0.15) is 5.10 Å². The lowest BCUT2D eigenvalue weighted by Gasteiger charge is -2.34. The smallest absolute Gasteiger partial charge is 0.227 e. The van der Waals surface area contributed by atoms with E-state index in [1.807, 2.05) is 4.90 Å². The number of H-pyrrole nitrogens is 1. The summed E-state index contributed by atoms with van der Waals surface area (Å²) in [5.74, 6) is 0.400. The maximum Gasteiger partial charge on any atom is 0.227 e. The van der Waals surface area contributed by atoms with E-state index in [0.717, 1.165) is 19.3 Å². The van der Waals surface area contributed by atoms with Crippen molar-refractivity contribution in [1.82, 2.24) is 20.1 Å². The zero-order chi connectivity index (χ0) is 16.2. The Morgan fingerprint density at radius 2 is 2.35 bits per heavy atom. The van der Waals surface area contributed by atoms with Crippen molar-refractivity contribution in [2.24, 2.45) is 0 Å². The number of nitrogens with zero attached hydrogens (tertiary/aromatic N) is 3. The topological polar surface area (TPSA) is 71.1 Å². The van der Waals surface area contributed by atoms with Crippen LogP contribution < -0.4 is 4.74 Å². The Bertz CT molecular complexity index is 675. The molecule has 1 amide bonds. The van der Waals surface area contributed by atoms with Gasteiger partial charge >= 0.3 is 0 Å². The van der Waals surface area contributed by atoms with Gasteiger partial charge in [0, 0.05) is 6.54 Å². The largest absolute Gasteiger partial charge is 0.494 e. The summed E-state index contributed by atoms with van der Waals surface area (Å²) in [6, 6.07) is 4.53. The summed E-state index contributed by atoms with van der Waals surface area (Å²) >= 11 is 0. The predicted octanol–water partition coefficient (Wildman–Crippen LogP) is 2.25. The van der Waals surface area contributed by atoms with Crippen LogP contribution in [0.2, 0.25) is 0 Å². The van der Waals surface area contributed by atoms with Gasteiger partial charge in [-0.1, -0.05) is 6.07 Å². The van der Waals surface area contributed by atoms with Gasteiger partial charge in [0.15, 0.2) is 11.6 Å². The minimum absolute atomic E-state index is 0.0318. The summed E-state index contributed by atoms with van der Waals surface area (Å²) in [6.07, 6.45) is 4.48. The van der Waals surface area contributed by atoms with Crippen LogP contribution in [0.3, 0.4) is 0 Å². The summed E-state index contributed by atoms with van der Waals surface area (Å²) in [4.78, 5) is 18.6. The number of benzene rings is 1. The average Bonchev–Trinajstić information content (AvgIpc) is 3.09. The fraction of sp³-hybridized carbons (Fsp3) is 0.438. The van der Waals surface area contributed by atoms with E-state index in [1.165, 1.54) is 19.5 Å². The number of carbonyl (C=O) groups excluding carboxylic acids is 1. The quantitative estimate of drug-likeness (QED) is 0.938. The molecule has 2 heterocycles. The van der Waals surface area contributed by atoms with E-state index in [1.54, 1.807) is 12.1 Å². The highest BCUT2D eigenvalue weighted by molar-refractivity contribution is 5.79. The molecule has 1 aliphatic heterocycles. The number of hydrogen-bond donors (Lipinski definition) is 1. The number of halogens is 1. The van der Waals surface area contributed by atoms with Gasteiger partial charge in [-0.15, -0.1) is 0 Å². The summed E-state index contributed by atoms with van der Waals surface area (Å²) in [7, 11) is 1.42. The van der Waals surface area contributed by atoms with E-state index in [-0.39, 0.29) is 24.1 Å². The first-order valence-electron chi connectivity index (χ1n) is 7.66. The number of hydrogen-bond acceptors (Lipinski definition) is 4. The van der Waals surface area contributed by atoms with Crippen molar-refractivity contribution in [3.63, 3.8) is 0 Å². The van der Waals surface area contributed by atoms with E-state index in [2.05, 4.69) is 15.2 Å². The molecule has 0 aliphatic carbocycles. The van der Waals surface area contributed by atoms with Crippen LogP contribution in [-0.2, 0) is 11.2 Å². The molecule has 0 saturated carbocycles. The third-order valence-electron chi connectivity index (χ3n) is 4.14. The molecule has 1 saturated heterocycles. The Balaban J connectivity index is 1.74. The Hall–Kier alpha value is -2.44. The van der Waals surface area contributed by atoms with Crippen molar-refractivity contribution in [3.05, 3.63) is 41.7 Å². The minimum atomic E-state index is -0.455. The molecule has 0 unspecified atom stereocenters. The number of aromatic amines is 1. The summed E-state index contributed by atoms with van der Waals surface area (Å²) in [5, 5.41) is 6.72. The fourth-order valence-corrected chi connectivity index (χ4v) is 2.99. The van der Waals surface area contributed by atoms with Crippen LogP contribution in [0.1, 0.15) is 36.7 Å². The Morgan fingerprint density at radius 3 is 3.04 bits per heavy atom. The molecule has 3 rings (SSSR count). The molecule has 0 bridgehead atoms. The van der Waals surface area contributed by atoms with E-state index in [9.17, 15) is 9.18 Å². The SMILES string of the molecule is COc1ccc(CC(=O)N2CCCC[C@H]2c2ncn[nH]2)cc1F. The van der Waals surface area contributed by atoms with Gasteiger partial charge in [0.1, 0.15) is 12.2 Å². The molecule has 0 radical (unpaired) electrons. The number of carbonyl (C=O) groups is 1. The maximum atomic E-state index is 13.8. The van der Waals surface area contributed by atoms with Crippen LogP contribution in [0.4, 0.5) is 4.39 Å². The van der Waals surface area contributed by atoms with Gasteiger partial charge in [0.05, 0.1) is 19.6 Å². The van der Waals surface area contributed by atoms with Crippen molar-refractivity contribution in [2.75, 3.05) is 13.7 Å². The number of aromatic nitrogens is 3. The molecular weight excluding hydrogens is 299 g/mol. The van der Waals surface area contributed by atoms with Gasteiger partial charge in [0.2, 0.25) is 5.91 Å². The molecule has 1 fully saturated rings. The van der Waals surface area contributed by atoms with Crippen molar-refractivity contribution in [3.8, 4) is 5.75 Å². The van der Waals surface area contributed by atoms with E-state index < -0.39 is 5.82 Å². The van der Waals surface area contributed by atoms with Crippen LogP contribution in [0, 0.1) is 5.82 Å². The second kappa shape index (κ2) is 6.76. The highest BCUT2D eigenvalue weighted by Gasteiger charge is 2.29. The van der Waals surface area contributed by atoms with Crippen molar-refractivity contribution < 1.29 is 13.9 Å². The Kier molecular flexibility index (Phi) is 4.55. The monoisotopic (exact) mass is 318 g/mol. The van der Waals surface area contributed by atoms with E-state index >= 15 is 0 Å². The highest BCUT2D eigenvalue weighted by atomic mass is 19.1. The molecule has 122 valence electrons. The van der Waals surface area contributed by atoms with Crippen LogP contribution in [-0.4, -0.2) is 39.6 Å². The average molecular weight is 318 g/mol. The van der Waals surface area contributed by atoms with Crippen molar-refractivity contribution >= 4 is 5.91 Å². The predicted molar refractivity (Wildman–Crippen MR) is 81.3 cm³/mol. The normalized spacial score (nSPS) is 18.0. The van der Waals surface area contributed by atoms with Gasteiger partial charge in [-0.25, -0.2) is 9.37 Å². The Morgan fingerprint density at radius 1 is 1.48 bits per heavy atom. The lowest BCUT2D eigenvalue weighted by atomic mass is 10.00. The molecule has 1 aliphatic rings. The number of amides is 1. The Labute approximate surface area is 133 Å². The maximum absolute atomic E-state index is 13.8. The van der Waals surface area contributed by atoms with Gasteiger partial charge in [-0.3, -0.25) is 9.89 Å². The molecule has 1 aromatic carbocycles. The van der Waals surface area contributed by atoms with Crippen LogP contribution in [0.5, 0.6) is 5.75 Å². The highest BCUT2D eigenvalue weighted by Crippen LogP contribution is 2.29. The summed E-state index contributed by atoms with van der Waals surface area (Å²) < 4.78 is 18.7. The lowest BCUT2D eigenvalue weighted by molar-refractivity contribution is -0.134. The fourth-order valence-electron chi connectivity index (χ4n) is 2.99. The first-order chi connectivity index (χ1) is 11.2. The first-order valence-corrected chi connectivity index (χ1v) is 7.66. The zero-order valence-corrected chi connectivity index (χ0v) is 13.0. The standard InChI is InChI=1S/C16H19FN4O2/c1-23-14-6-5-11(8-12(14)17)9-15(22)21-7-3-2-4-13(21)16-18-10-19-20-16/h5-6,8,10,13H,2-4,7,9H2,1H3,(H,18,19,20)/t13-/m0/s1. The lowest BCUT2D eigenvalue weighted by Crippen LogP contribution is -2.39. The van der Waals surface area contributed by atoms with Crippen molar-refractivity contribution in [1.29, 1.82) is 0 Å². The second-order valence-corrected chi connectivity index (χ2v) is 5.62. The third-order valence-corrected chi connectivity index (χ3v) is 4.14. The van der Waals surface area contributed by atoms with Crippen LogP contribution in [0.25, 0.3) is 0 Å². The molecule has 7 heteroatoms. The number of ether oxygens (including phenoxy) is 1.